The molecule has 1 saturated heterocycles. The van der Waals surface area contributed by atoms with Crippen LogP contribution in [0.1, 0.15) is 11.7 Å². The summed E-state index contributed by atoms with van der Waals surface area (Å²) in [7, 11) is 0. The van der Waals surface area contributed by atoms with Crippen LogP contribution in [0.3, 0.4) is 0 Å². The van der Waals surface area contributed by atoms with Crippen LogP contribution < -0.4 is 10.6 Å². The Morgan fingerprint density at radius 2 is 2.31 bits per heavy atom. The Balaban J connectivity index is 1.84. The van der Waals surface area contributed by atoms with Crippen molar-refractivity contribution in [2.45, 2.75) is 11.0 Å². The first kappa shape index (κ1) is 10.4. The molecule has 16 heavy (non-hydrogen) atoms. The molecule has 0 spiro atoms. The molecule has 0 saturated carbocycles. The summed E-state index contributed by atoms with van der Waals surface area (Å²) in [5.41, 5.74) is 2.55. The van der Waals surface area contributed by atoms with Gasteiger partial charge in [-0.2, -0.15) is 0 Å². The van der Waals surface area contributed by atoms with E-state index < -0.39 is 0 Å². The Labute approximate surface area is 99.9 Å². The monoisotopic (exact) mass is 236 g/mol. The van der Waals surface area contributed by atoms with E-state index in [4.69, 9.17) is 4.74 Å². The molecular formula is C12H16N2OS. The second kappa shape index (κ2) is 4.65. The zero-order chi connectivity index (χ0) is 10.8. The van der Waals surface area contributed by atoms with Gasteiger partial charge >= 0.3 is 0 Å². The van der Waals surface area contributed by atoms with Crippen molar-refractivity contribution in [2.75, 3.05) is 37.3 Å². The summed E-state index contributed by atoms with van der Waals surface area (Å²) in [6, 6.07) is 6.63. The van der Waals surface area contributed by atoms with Gasteiger partial charge in [-0.3, -0.25) is 0 Å². The van der Waals surface area contributed by atoms with Crippen LogP contribution in [0.5, 0.6) is 0 Å². The maximum absolute atomic E-state index is 5.76. The number of nitrogens with one attached hydrogen (secondary N) is 2. The maximum atomic E-state index is 5.76. The highest BCUT2D eigenvalue weighted by Gasteiger charge is 2.17. The Kier molecular flexibility index (Phi) is 3.04. The average molecular weight is 236 g/mol. The van der Waals surface area contributed by atoms with Gasteiger partial charge in [-0.25, -0.2) is 0 Å². The third kappa shape index (κ3) is 2.05. The maximum Gasteiger partial charge on any atom is 0.0950 e. The summed E-state index contributed by atoms with van der Waals surface area (Å²) < 4.78 is 5.76. The van der Waals surface area contributed by atoms with Crippen molar-refractivity contribution < 1.29 is 4.74 Å². The Hall–Kier alpha value is -0.710. The Bertz CT molecular complexity index is 377. The van der Waals surface area contributed by atoms with Crippen LogP contribution >= 0.6 is 11.8 Å². The molecular weight excluding hydrogens is 220 g/mol. The molecule has 2 aliphatic heterocycles. The second-order valence-corrected chi connectivity index (χ2v) is 5.23. The lowest BCUT2D eigenvalue weighted by Crippen LogP contribution is -2.33. The van der Waals surface area contributed by atoms with E-state index in [1.807, 2.05) is 11.8 Å². The molecule has 1 fully saturated rings. The van der Waals surface area contributed by atoms with Crippen molar-refractivity contribution in [3.05, 3.63) is 23.8 Å². The molecule has 3 nitrogen and oxygen atoms in total. The molecule has 86 valence electrons. The quantitative estimate of drug-likeness (QED) is 0.780. The van der Waals surface area contributed by atoms with Crippen LogP contribution in [0.25, 0.3) is 0 Å². The van der Waals surface area contributed by atoms with Crippen LogP contribution in [0.15, 0.2) is 23.1 Å². The minimum Gasteiger partial charge on any atom is -0.383 e. The van der Waals surface area contributed by atoms with Gasteiger partial charge in [0.25, 0.3) is 0 Å². The molecule has 2 heterocycles. The number of benzene rings is 1. The van der Waals surface area contributed by atoms with E-state index in [1.54, 1.807) is 0 Å². The summed E-state index contributed by atoms with van der Waals surface area (Å²) in [5, 5.41) is 6.81. The third-order valence-electron chi connectivity index (χ3n) is 2.98. The molecule has 1 aromatic carbocycles. The number of thioether (sulfide) groups is 1. The van der Waals surface area contributed by atoms with E-state index in [2.05, 4.69) is 28.8 Å². The van der Waals surface area contributed by atoms with Gasteiger partial charge in [0.05, 0.1) is 12.7 Å². The van der Waals surface area contributed by atoms with E-state index in [0.717, 1.165) is 32.0 Å². The van der Waals surface area contributed by atoms with Gasteiger partial charge in [0.1, 0.15) is 0 Å². The number of morpholine rings is 1. The molecule has 3 rings (SSSR count). The highest BCUT2D eigenvalue weighted by molar-refractivity contribution is 7.99. The van der Waals surface area contributed by atoms with Crippen molar-refractivity contribution in [1.82, 2.24) is 5.32 Å². The molecule has 2 N–H and O–H groups in total. The topological polar surface area (TPSA) is 33.3 Å². The zero-order valence-corrected chi connectivity index (χ0v) is 9.98. The molecule has 0 aliphatic carbocycles. The highest BCUT2D eigenvalue weighted by Crippen LogP contribution is 2.33. The van der Waals surface area contributed by atoms with Crippen molar-refractivity contribution in [3.63, 3.8) is 0 Å². The summed E-state index contributed by atoms with van der Waals surface area (Å²) in [6.07, 6.45) is 0.216. The summed E-state index contributed by atoms with van der Waals surface area (Å²) in [6.45, 7) is 3.76. The minimum absolute atomic E-state index is 0.216. The molecule has 4 heteroatoms. The van der Waals surface area contributed by atoms with Crippen molar-refractivity contribution in [1.29, 1.82) is 0 Å². The lowest BCUT2D eigenvalue weighted by atomic mass is 10.1. The molecule has 2 aliphatic rings. The van der Waals surface area contributed by atoms with Crippen LogP contribution in [0.4, 0.5) is 5.69 Å². The second-order valence-electron chi connectivity index (χ2n) is 4.09. The van der Waals surface area contributed by atoms with Gasteiger partial charge in [0.15, 0.2) is 0 Å². The first-order chi connectivity index (χ1) is 7.93. The first-order valence-corrected chi connectivity index (χ1v) is 6.75. The molecule has 1 unspecified atom stereocenters. The van der Waals surface area contributed by atoms with Crippen LogP contribution in [0.2, 0.25) is 0 Å². The lowest BCUT2D eigenvalue weighted by molar-refractivity contribution is 0.0277. The van der Waals surface area contributed by atoms with Gasteiger partial charge in [0, 0.05) is 36.0 Å². The molecule has 0 bridgehead atoms. The fourth-order valence-corrected chi connectivity index (χ4v) is 3.01. The number of ether oxygens (including phenoxy) is 1. The van der Waals surface area contributed by atoms with Crippen molar-refractivity contribution >= 4 is 17.4 Å². The van der Waals surface area contributed by atoms with Crippen LogP contribution in [-0.2, 0) is 4.74 Å². The van der Waals surface area contributed by atoms with E-state index in [9.17, 15) is 0 Å². The lowest BCUT2D eigenvalue weighted by Gasteiger charge is -2.26. The standard InChI is InChI=1S/C12H16N2OS/c1-2-12-10(14-4-6-16-12)7-9(1)11-8-13-3-5-15-11/h1-2,7,11,13-14H,3-6,8H2. The summed E-state index contributed by atoms with van der Waals surface area (Å²) in [5.74, 6) is 1.16. The first-order valence-electron chi connectivity index (χ1n) is 5.76. The zero-order valence-electron chi connectivity index (χ0n) is 9.16. The molecule has 0 aromatic heterocycles. The fourth-order valence-electron chi connectivity index (χ4n) is 2.14. The third-order valence-corrected chi connectivity index (χ3v) is 4.05. The Morgan fingerprint density at radius 1 is 1.31 bits per heavy atom. The van der Waals surface area contributed by atoms with Gasteiger partial charge in [0.2, 0.25) is 0 Å². The van der Waals surface area contributed by atoms with E-state index >= 15 is 0 Å². The normalized spacial score (nSPS) is 24.6. The van der Waals surface area contributed by atoms with Gasteiger partial charge < -0.3 is 15.4 Å². The molecule has 0 amide bonds. The molecule has 1 atom stereocenters. The largest absolute Gasteiger partial charge is 0.383 e. The smallest absolute Gasteiger partial charge is 0.0950 e. The number of anilines is 1. The van der Waals surface area contributed by atoms with E-state index in [0.29, 0.717) is 0 Å². The fraction of sp³-hybridized carbons (Fsp3) is 0.500. The predicted octanol–water partition coefficient (Wildman–Crippen LogP) is 1.87. The van der Waals surface area contributed by atoms with Gasteiger partial charge in [-0.1, -0.05) is 6.07 Å². The number of hydrogen-bond acceptors (Lipinski definition) is 4. The number of rotatable bonds is 1. The highest BCUT2D eigenvalue weighted by atomic mass is 32.2. The van der Waals surface area contributed by atoms with Crippen LogP contribution in [-0.4, -0.2) is 32.0 Å². The van der Waals surface area contributed by atoms with E-state index in [1.165, 1.54) is 16.1 Å². The predicted molar refractivity (Wildman–Crippen MR) is 67.2 cm³/mol. The average Bonchev–Trinajstić information content (AvgIpc) is 2.39. The molecule has 1 aromatic rings. The number of fused-ring (bicyclic) bond motifs is 1. The Morgan fingerprint density at radius 3 is 3.19 bits per heavy atom. The van der Waals surface area contributed by atoms with Crippen LogP contribution in [0, 0.1) is 0 Å². The van der Waals surface area contributed by atoms with Gasteiger partial charge in [-0.05, 0) is 17.7 Å². The van der Waals surface area contributed by atoms with Gasteiger partial charge in [-0.15, -0.1) is 11.8 Å². The minimum atomic E-state index is 0.216. The van der Waals surface area contributed by atoms with Crippen molar-refractivity contribution in [3.8, 4) is 0 Å². The molecule has 0 radical (unpaired) electrons. The summed E-state index contributed by atoms with van der Waals surface area (Å²) in [4.78, 5) is 1.36. The van der Waals surface area contributed by atoms with E-state index in [-0.39, 0.29) is 6.10 Å². The SMILES string of the molecule is c1cc2c(cc1C1CNCCO1)NCCS2. The summed E-state index contributed by atoms with van der Waals surface area (Å²) >= 11 is 1.93. The number of hydrogen-bond donors (Lipinski definition) is 2. The van der Waals surface area contributed by atoms with Crippen molar-refractivity contribution in [2.24, 2.45) is 0 Å².